The predicted molar refractivity (Wildman–Crippen MR) is 52.1 cm³/mol. The third-order valence-corrected chi connectivity index (χ3v) is 2.31. The summed E-state index contributed by atoms with van der Waals surface area (Å²) < 4.78 is 39.6. The highest BCUT2D eigenvalue weighted by molar-refractivity contribution is 7.09. The third kappa shape index (κ3) is 3.05. The molecule has 16 heavy (non-hydrogen) atoms. The lowest BCUT2D eigenvalue weighted by Crippen LogP contribution is -2.35. The number of amides is 1. The predicted octanol–water partition coefficient (Wildman–Crippen LogP) is 1.10. The minimum absolute atomic E-state index is 0.0385. The lowest BCUT2D eigenvalue weighted by atomic mass is 10.3. The summed E-state index contributed by atoms with van der Waals surface area (Å²) in [6.07, 6.45) is -4.56. The van der Waals surface area contributed by atoms with E-state index in [1.165, 1.54) is 14.0 Å². The number of rotatable bonds is 3. The van der Waals surface area contributed by atoms with Gasteiger partial charge in [-0.3, -0.25) is 4.79 Å². The van der Waals surface area contributed by atoms with Gasteiger partial charge in [0, 0.05) is 18.6 Å². The number of nitrogens with one attached hydrogen (secondary N) is 2. The number of nitrogens with zero attached hydrogens (tertiary/aromatic N) is 2. The van der Waals surface area contributed by atoms with Crippen LogP contribution in [-0.2, 0) is 11.0 Å². The molecule has 0 aromatic carbocycles. The molecule has 1 atom stereocenters. The summed E-state index contributed by atoms with van der Waals surface area (Å²) >= 11 is 0.560. The number of halogens is 3. The Morgan fingerprint density at radius 3 is 2.56 bits per heavy atom. The van der Waals surface area contributed by atoms with E-state index in [4.69, 9.17) is 0 Å². The first-order chi connectivity index (χ1) is 7.34. The Hall–Kier alpha value is -1.38. The number of anilines is 1. The van der Waals surface area contributed by atoms with Gasteiger partial charge in [0.25, 0.3) is 0 Å². The second-order valence-corrected chi connectivity index (χ2v) is 3.65. The van der Waals surface area contributed by atoms with Crippen molar-refractivity contribution < 1.29 is 18.0 Å². The Morgan fingerprint density at radius 2 is 2.12 bits per heavy atom. The highest BCUT2D eigenvalue weighted by atomic mass is 32.1. The fraction of sp³-hybridized carbons (Fsp3) is 0.571. The van der Waals surface area contributed by atoms with E-state index in [0.717, 1.165) is 0 Å². The average molecular weight is 254 g/mol. The third-order valence-electron chi connectivity index (χ3n) is 1.66. The fourth-order valence-corrected chi connectivity index (χ4v) is 1.54. The molecular weight excluding hydrogens is 245 g/mol. The fourth-order valence-electron chi connectivity index (χ4n) is 0.865. The summed E-state index contributed by atoms with van der Waals surface area (Å²) in [5.41, 5.74) is 0. The molecule has 1 rings (SSSR count). The maximum atomic E-state index is 12.1. The second kappa shape index (κ2) is 4.64. The number of hydrogen-bond donors (Lipinski definition) is 2. The quantitative estimate of drug-likeness (QED) is 0.847. The molecule has 1 amide bonds. The van der Waals surface area contributed by atoms with Gasteiger partial charge in [0.2, 0.25) is 16.9 Å². The van der Waals surface area contributed by atoms with Crippen LogP contribution in [0.1, 0.15) is 12.7 Å². The molecule has 0 bridgehead atoms. The van der Waals surface area contributed by atoms with Crippen LogP contribution in [0, 0.1) is 0 Å². The van der Waals surface area contributed by atoms with Gasteiger partial charge in [-0.1, -0.05) is 0 Å². The highest BCUT2D eigenvalue weighted by Crippen LogP contribution is 2.29. The Morgan fingerprint density at radius 1 is 1.50 bits per heavy atom. The zero-order valence-electron chi connectivity index (χ0n) is 8.42. The summed E-state index contributed by atoms with van der Waals surface area (Å²) in [6, 6.07) is -0.668. The van der Waals surface area contributed by atoms with Gasteiger partial charge >= 0.3 is 6.18 Å². The van der Waals surface area contributed by atoms with Crippen LogP contribution in [0.15, 0.2) is 0 Å². The number of likely N-dealkylation sites (N-methyl/N-ethyl adjacent to an activating group) is 1. The molecule has 1 aromatic rings. The summed E-state index contributed by atoms with van der Waals surface area (Å²) in [5.74, 6) is -1.55. The van der Waals surface area contributed by atoms with Crippen LogP contribution in [0.5, 0.6) is 0 Å². The topological polar surface area (TPSA) is 66.9 Å². The molecule has 0 fully saturated rings. The van der Waals surface area contributed by atoms with Crippen molar-refractivity contribution in [1.82, 2.24) is 14.7 Å². The Labute approximate surface area is 93.2 Å². The summed E-state index contributed by atoms with van der Waals surface area (Å²) in [7, 11) is 1.43. The lowest BCUT2D eigenvalue weighted by Gasteiger charge is -2.09. The van der Waals surface area contributed by atoms with Crippen molar-refractivity contribution in [2.24, 2.45) is 0 Å². The van der Waals surface area contributed by atoms with Crippen molar-refractivity contribution in [3.05, 3.63) is 5.82 Å². The number of carbonyl (C=O) groups is 1. The van der Waals surface area contributed by atoms with Gasteiger partial charge in [-0.2, -0.15) is 22.5 Å². The van der Waals surface area contributed by atoms with Crippen molar-refractivity contribution >= 4 is 22.6 Å². The number of alkyl halides is 3. The molecule has 0 saturated heterocycles. The minimum atomic E-state index is -4.56. The molecule has 5 nitrogen and oxygen atoms in total. The molecule has 2 N–H and O–H groups in total. The van der Waals surface area contributed by atoms with Crippen LogP contribution in [0.3, 0.4) is 0 Å². The number of aromatic nitrogens is 2. The molecule has 0 aliphatic heterocycles. The molecule has 0 aliphatic rings. The maximum Gasteiger partial charge on any atom is 0.452 e. The van der Waals surface area contributed by atoms with E-state index in [-0.39, 0.29) is 11.0 Å². The first-order valence-corrected chi connectivity index (χ1v) is 5.01. The van der Waals surface area contributed by atoms with Crippen LogP contribution in [-0.4, -0.2) is 28.4 Å². The van der Waals surface area contributed by atoms with E-state index in [1.54, 1.807) is 0 Å². The van der Waals surface area contributed by atoms with Gasteiger partial charge in [0.1, 0.15) is 6.04 Å². The SMILES string of the molecule is CNC(=O)C(C)Nc1nc(C(F)(F)F)ns1. The number of carbonyl (C=O) groups excluding carboxylic acids is 1. The van der Waals surface area contributed by atoms with Gasteiger partial charge in [-0.15, -0.1) is 0 Å². The van der Waals surface area contributed by atoms with Crippen molar-refractivity contribution in [3.8, 4) is 0 Å². The molecule has 0 saturated carbocycles. The lowest BCUT2D eigenvalue weighted by molar-refractivity contribution is -0.144. The summed E-state index contributed by atoms with van der Waals surface area (Å²) in [6.45, 7) is 1.51. The van der Waals surface area contributed by atoms with E-state index in [2.05, 4.69) is 20.0 Å². The largest absolute Gasteiger partial charge is 0.452 e. The van der Waals surface area contributed by atoms with Gasteiger partial charge in [-0.25, -0.2) is 0 Å². The van der Waals surface area contributed by atoms with Gasteiger partial charge < -0.3 is 10.6 Å². The van der Waals surface area contributed by atoms with Crippen LogP contribution >= 0.6 is 11.5 Å². The van der Waals surface area contributed by atoms with Crippen molar-refractivity contribution in [3.63, 3.8) is 0 Å². The molecular formula is C7H9F3N4OS. The monoisotopic (exact) mass is 254 g/mol. The average Bonchev–Trinajstić information content (AvgIpc) is 2.64. The Bertz CT molecular complexity index is 378. The van der Waals surface area contributed by atoms with E-state index in [0.29, 0.717) is 11.5 Å². The summed E-state index contributed by atoms with van der Waals surface area (Å²) in [4.78, 5) is 14.3. The summed E-state index contributed by atoms with van der Waals surface area (Å²) in [5, 5.41) is 4.83. The van der Waals surface area contributed by atoms with Gasteiger partial charge in [0.05, 0.1) is 0 Å². The molecule has 9 heteroatoms. The van der Waals surface area contributed by atoms with E-state index >= 15 is 0 Å². The van der Waals surface area contributed by atoms with Crippen LogP contribution in [0.25, 0.3) is 0 Å². The Kier molecular flexibility index (Phi) is 3.68. The zero-order chi connectivity index (χ0) is 12.3. The molecule has 0 spiro atoms. The van der Waals surface area contributed by atoms with Crippen molar-refractivity contribution in [2.45, 2.75) is 19.1 Å². The smallest absolute Gasteiger partial charge is 0.357 e. The normalized spacial score (nSPS) is 13.3. The van der Waals surface area contributed by atoms with Gasteiger partial charge in [0.15, 0.2) is 0 Å². The van der Waals surface area contributed by atoms with Crippen LogP contribution in [0.4, 0.5) is 18.3 Å². The van der Waals surface area contributed by atoms with Crippen molar-refractivity contribution in [1.29, 1.82) is 0 Å². The molecule has 1 aromatic heterocycles. The minimum Gasteiger partial charge on any atom is -0.357 e. The zero-order valence-corrected chi connectivity index (χ0v) is 9.24. The molecule has 0 radical (unpaired) electrons. The van der Waals surface area contributed by atoms with E-state index in [1.807, 2.05) is 0 Å². The molecule has 0 aliphatic carbocycles. The molecule has 1 unspecified atom stereocenters. The second-order valence-electron chi connectivity index (χ2n) is 2.90. The van der Waals surface area contributed by atoms with Crippen LogP contribution in [0.2, 0.25) is 0 Å². The first kappa shape index (κ1) is 12.7. The number of hydrogen-bond acceptors (Lipinski definition) is 5. The Balaban J connectivity index is 2.69. The highest BCUT2D eigenvalue weighted by Gasteiger charge is 2.36. The van der Waals surface area contributed by atoms with E-state index in [9.17, 15) is 18.0 Å². The molecule has 1 heterocycles. The first-order valence-electron chi connectivity index (χ1n) is 4.23. The van der Waals surface area contributed by atoms with Crippen LogP contribution < -0.4 is 10.6 Å². The van der Waals surface area contributed by atoms with E-state index < -0.39 is 18.0 Å². The standard InChI is InChI=1S/C7H9F3N4OS/c1-3(4(15)11-2)12-6-13-5(14-16-6)7(8,9)10/h3H,1-2H3,(H,11,15)(H,12,13,14). The van der Waals surface area contributed by atoms with Crippen molar-refractivity contribution in [2.75, 3.05) is 12.4 Å². The van der Waals surface area contributed by atoms with Gasteiger partial charge in [-0.05, 0) is 6.92 Å². The maximum absolute atomic E-state index is 12.1. The molecule has 90 valence electrons.